The third-order valence-corrected chi connectivity index (χ3v) is 5.24. The first-order chi connectivity index (χ1) is 13.5. The summed E-state index contributed by atoms with van der Waals surface area (Å²) < 4.78 is 5.79. The highest BCUT2D eigenvalue weighted by atomic mass is 16.5. The lowest BCUT2D eigenvalue weighted by molar-refractivity contribution is 0.225. The molecule has 150 valence electrons. The van der Waals surface area contributed by atoms with Crippen molar-refractivity contribution >= 4 is 17.4 Å². The van der Waals surface area contributed by atoms with Gasteiger partial charge in [0.15, 0.2) is 0 Å². The van der Waals surface area contributed by atoms with E-state index in [1.165, 1.54) is 16.8 Å². The third kappa shape index (κ3) is 5.63. The maximum absolute atomic E-state index is 10.8. The van der Waals surface area contributed by atoms with E-state index in [4.69, 9.17) is 10.5 Å². The van der Waals surface area contributed by atoms with Gasteiger partial charge in [0, 0.05) is 44.1 Å². The second-order valence-electron chi connectivity index (χ2n) is 7.31. The minimum Gasteiger partial charge on any atom is -0.494 e. The number of nitrogens with zero attached hydrogens (tertiary/aromatic N) is 2. The lowest BCUT2D eigenvalue weighted by atomic mass is 10.1. The number of aryl methyl sites for hydroxylation is 2. The average Bonchev–Trinajstić information content (AvgIpc) is 2.69. The number of piperazine rings is 1. The molecular weight excluding hydrogens is 352 g/mol. The predicted octanol–water partition coefficient (Wildman–Crippen LogP) is 3.39. The largest absolute Gasteiger partial charge is 0.494 e. The molecule has 0 unspecified atom stereocenters. The molecule has 0 radical (unpaired) electrons. The number of carbonyl (C=O) groups excluding carboxylic acids is 1. The monoisotopic (exact) mass is 382 g/mol. The van der Waals surface area contributed by atoms with Gasteiger partial charge in [-0.25, -0.2) is 4.79 Å². The first-order valence-corrected chi connectivity index (χ1v) is 9.85. The molecule has 0 atom stereocenters. The molecule has 1 fully saturated rings. The van der Waals surface area contributed by atoms with Crippen molar-refractivity contribution in [1.82, 2.24) is 4.90 Å². The van der Waals surface area contributed by atoms with Crippen molar-refractivity contribution in [3.63, 3.8) is 0 Å². The van der Waals surface area contributed by atoms with E-state index in [2.05, 4.69) is 47.2 Å². The Morgan fingerprint density at radius 2 is 1.75 bits per heavy atom. The van der Waals surface area contributed by atoms with E-state index in [9.17, 15) is 4.79 Å². The minimum atomic E-state index is -0.564. The Morgan fingerprint density at radius 1 is 1.04 bits per heavy atom. The standard InChI is InChI=1S/C22H30N4O2/c1-17-4-7-20(16-18(17)2)26-13-11-25(12-14-26)10-3-15-28-21-8-5-19(6-9-21)24-22(23)27/h4-9,16H,3,10-15H2,1-2H3,(H3,23,24,27). The van der Waals surface area contributed by atoms with Gasteiger partial charge in [0.1, 0.15) is 5.75 Å². The van der Waals surface area contributed by atoms with Crippen molar-refractivity contribution in [2.75, 3.05) is 49.5 Å². The van der Waals surface area contributed by atoms with E-state index in [1.54, 1.807) is 12.1 Å². The Kier molecular flexibility index (Phi) is 6.76. The second kappa shape index (κ2) is 9.46. The number of amides is 2. The highest BCUT2D eigenvalue weighted by molar-refractivity contribution is 5.87. The van der Waals surface area contributed by atoms with Gasteiger partial charge < -0.3 is 20.7 Å². The molecule has 0 spiro atoms. The Hall–Kier alpha value is -2.73. The van der Waals surface area contributed by atoms with Crippen LogP contribution in [0.3, 0.4) is 0 Å². The number of primary amides is 1. The normalized spacial score (nSPS) is 14.7. The summed E-state index contributed by atoms with van der Waals surface area (Å²) in [4.78, 5) is 15.8. The van der Waals surface area contributed by atoms with Gasteiger partial charge in [0.25, 0.3) is 0 Å². The average molecular weight is 383 g/mol. The van der Waals surface area contributed by atoms with Gasteiger partial charge in [0.05, 0.1) is 6.61 Å². The van der Waals surface area contributed by atoms with Crippen LogP contribution in [0, 0.1) is 13.8 Å². The molecule has 0 aliphatic carbocycles. The van der Waals surface area contributed by atoms with Crippen LogP contribution in [0.4, 0.5) is 16.2 Å². The molecule has 0 saturated carbocycles. The van der Waals surface area contributed by atoms with Crippen molar-refractivity contribution in [2.24, 2.45) is 5.73 Å². The van der Waals surface area contributed by atoms with Gasteiger partial charge in [-0.3, -0.25) is 4.90 Å². The third-order valence-electron chi connectivity index (χ3n) is 5.24. The van der Waals surface area contributed by atoms with E-state index in [0.29, 0.717) is 12.3 Å². The summed E-state index contributed by atoms with van der Waals surface area (Å²) in [5, 5.41) is 2.54. The molecule has 1 heterocycles. The maximum atomic E-state index is 10.8. The van der Waals surface area contributed by atoms with Crippen LogP contribution in [0.25, 0.3) is 0 Å². The van der Waals surface area contributed by atoms with Crippen LogP contribution in [0.5, 0.6) is 5.75 Å². The summed E-state index contributed by atoms with van der Waals surface area (Å²) >= 11 is 0. The molecule has 0 bridgehead atoms. The van der Waals surface area contributed by atoms with Crippen molar-refractivity contribution in [3.05, 3.63) is 53.6 Å². The molecule has 2 aromatic carbocycles. The van der Waals surface area contributed by atoms with E-state index >= 15 is 0 Å². The van der Waals surface area contributed by atoms with Crippen molar-refractivity contribution in [3.8, 4) is 5.75 Å². The quantitative estimate of drug-likeness (QED) is 0.720. The van der Waals surface area contributed by atoms with Gasteiger partial charge in [0.2, 0.25) is 0 Å². The number of hydrogen-bond donors (Lipinski definition) is 2. The van der Waals surface area contributed by atoms with Crippen LogP contribution in [0.1, 0.15) is 17.5 Å². The van der Waals surface area contributed by atoms with Gasteiger partial charge in [-0.2, -0.15) is 0 Å². The molecule has 0 aromatic heterocycles. The van der Waals surface area contributed by atoms with Crippen LogP contribution in [-0.4, -0.2) is 50.3 Å². The maximum Gasteiger partial charge on any atom is 0.316 e. The molecule has 2 aromatic rings. The lowest BCUT2D eigenvalue weighted by Crippen LogP contribution is -2.46. The summed E-state index contributed by atoms with van der Waals surface area (Å²) in [5.41, 5.74) is 9.80. The molecule has 6 nitrogen and oxygen atoms in total. The highest BCUT2D eigenvalue weighted by Crippen LogP contribution is 2.20. The van der Waals surface area contributed by atoms with Crippen LogP contribution in [0.15, 0.2) is 42.5 Å². The fourth-order valence-electron chi connectivity index (χ4n) is 3.41. The lowest BCUT2D eigenvalue weighted by Gasteiger charge is -2.36. The van der Waals surface area contributed by atoms with Crippen LogP contribution >= 0.6 is 0 Å². The first-order valence-electron chi connectivity index (χ1n) is 9.85. The fraction of sp³-hybridized carbons (Fsp3) is 0.409. The molecular formula is C22H30N4O2. The smallest absolute Gasteiger partial charge is 0.316 e. The number of benzene rings is 2. The molecule has 1 aliphatic rings. The Bertz CT molecular complexity index is 784. The first kappa shape index (κ1) is 20.0. The van der Waals surface area contributed by atoms with E-state index in [1.807, 2.05) is 12.1 Å². The summed E-state index contributed by atoms with van der Waals surface area (Å²) in [6, 6.07) is 13.4. The number of ether oxygens (including phenoxy) is 1. The van der Waals surface area contributed by atoms with E-state index < -0.39 is 6.03 Å². The number of nitrogens with two attached hydrogens (primary N) is 1. The summed E-state index contributed by atoms with van der Waals surface area (Å²) in [6.45, 7) is 10.4. The zero-order valence-electron chi connectivity index (χ0n) is 16.8. The molecule has 28 heavy (non-hydrogen) atoms. The van der Waals surface area contributed by atoms with Gasteiger partial charge in [-0.15, -0.1) is 0 Å². The molecule has 2 amide bonds. The minimum absolute atomic E-state index is 0.564. The van der Waals surface area contributed by atoms with Crippen LogP contribution < -0.4 is 20.7 Å². The zero-order valence-corrected chi connectivity index (χ0v) is 16.8. The van der Waals surface area contributed by atoms with E-state index in [-0.39, 0.29) is 0 Å². The summed E-state index contributed by atoms with van der Waals surface area (Å²) in [5.74, 6) is 0.801. The molecule has 3 rings (SSSR count). The number of anilines is 2. The van der Waals surface area contributed by atoms with Crippen LogP contribution in [-0.2, 0) is 0 Å². The predicted molar refractivity (Wildman–Crippen MR) is 114 cm³/mol. The van der Waals surface area contributed by atoms with Crippen LogP contribution in [0.2, 0.25) is 0 Å². The Balaban J connectivity index is 1.35. The number of hydrogen-bond acceptors (Lipinski definition) is 4. The van der Waals surface area contributed by atoms with Gasteiger partial charge >= 0.3 is 6.03 Å². The molecule has 1 aliphatic heterocycles. The Labute approximate surface area is 167 Å². The number of rotatable bonds is 7. The highest BCUT2D eigenvalue weighted by Gasteiger charge is 2.17. The summed E-state index contributed by atoms with van der Waals surface area (Å²) in [7, 11) is 0. The van der Waals surface area contributed by atoms with Crippen molar-refractivity contribution < 1.29 is 9.53 Å². The van der Waals surface area contributed by atoms with Crippen molar-refractivity contribution in [2.45, 2.75) is 20.3 Å². The molecule has 3 N–H and O–H groups in total. The zero-order chi connectivity index (χ0) is 19.9. The van der Waals surface area contributed by atoms with Gasteiger partial charge in [-0.1, -0.05) is 6.07 Å². The summed E-state index contributed by atoms with van der Waals surface area (Å²) in [6.07, 6.45) is 0.991. The fourth-order valence-corrected chi connectivity index (χ4v) is 3.41. The number of urea groups is 1. The number of carbonyl (C=O) groups is 1. The SMILES string of the molecule is Cc1ccc(N2CCN(CCCOc3ccc(NC(N)=O)cc3)CC2)cc1C. The van der Waals surface area contributed by atoms with Crippen molar-refractivity contribution in [1.29, 1.82) is 0 Å². The second-order valence-corrected chi connectivity index (χ2v) is 7.31. The molecule has 1 saturated heterocycles. The Morgan fingerprint density at radius 3 is 2.39 bits per heavy atom. The number of nitrogens with one attached hydrogen (secondary N) is 1. The topological polar surface area (TPSA) is 70.8 Å². The van der Waals surface area contributed by atoms with Gasteiger partial charge in [-0.05, 0) is 67.8 Å². The molecule has 6 heteroatoms. The van der Waals surface area contributed by atoms with E-state index in [0.717, 1.165) is 44.9 Å².